The Morgan fingerprint density at radius 2 is 1.68 bits per heavy atom. The molecular weight excluding hydrogens is 244 g/mol. The van der Waals surface area contributed by atoms with Gasteiger partial charge in [0, 0.05) is 6.92 Å². The molecule has 1 aliphatic rings. The van der Waals surface area contributed by atoms with Gasteiger partial charge < -0.3 is 15.7 Å². The zero-order chi connectivity index (χ0) is 13.8. The molecule has 1 aliphatic heterocycles. The molecular formula is C13H14N4O2. The van der Waals surface area contributed by atoms with Crippen LogP contribution in [0.4, 0.5) is 5.82 Å². The minimum atomic E-state index is -1.51. The van der Waals surface area contributed by atoms with Crippen molar-refractivity contribution in [1.82, 2.24) is 15.3 Å². The van der Waals surface area contributed by atoms with Gasteiger partial charge in [0.05, 0.1) is 11.0 Å². The third-order valence-corrected chi connectivity index (χ3v) is 3.21. The number of anilines is 1. The van der Waals surface area contributed by atoms with Gasteiger partial charge in [0.2, 0.25) is 5.85 Å². The summed E-state index contributed by atoms with van der Waals surface area (Å²) in [6, 6.07) is 3.82. The van der Waals surface area contributed by atoms with Gasteiger partial charge in [-0.1, -0.05) is 0 Å². The molecule has 3 rings (SSSR count). The molecule has 0 aliphatic carbocycles. The number of rotatable bonds is 0. The molecule has 0 saturated carbocycles. The van der Waals surface area contributed by atoms with E-state index < -0.39 is 11.8 Å². The van der Waals surface area contributed by atoms with E-state index in [-0.39, 0.29) is 5.69 Å². The summed E-state index contributed by atoms with van der Waals surface area (Å²) in [7, 11) is 0. The summed E-state index contributed by atoms with van der Waals surface area (Å²) in [4.78, 5) is 20.6. The molecule has 2 aromatic rings. The second-order valence-corrected chi connectivity index (χ2v) is 5.00. The average molecular weight is 258 g/mol. The van der Waals surface area contributed by atoms with Gasteiger partial charge in [-0.2, -0.15) is 0 Å². The van der Waals surface area contributed by atoms with E-state index >= 15 is 0 Å². The number of aromatic nitrogens is 2. The number of fused-ring (bicyclic) bond motifs is 2. The lowest BCUT2D eigenvalue weighted by Crippen LogP contribution is -2.55. The van der Waals surface area contributed by atoms with Crippen LogP contribution < -0.4 is 10.6 Å². The van der Waals surface area contributed by atoms with Gasteiger partial charge in [-0.05, 0) is 37.1 Å². The lowest BCUT2D eigenvalue weighted by molar-refractivity contribution is 0.0398. The van der Waals surface area contributed by atoms with Crippen molar-refractivity contribution in [2.45, 2.75) is 26.6 Å². The molecule has 1 amide bonds. The molecule has 3 N–H and O–H groups in total. The fourth-order valence-corrected chi connectivity index (χ4v) is 2.10. The average Bonchev–Trinajstić information content (AvgIpc) is 2.28. The third-order valence-electron chi connectivity index (χ3n) is 3.21. The predicted octanol–water partition coefficient (Wildman–Crippen LogP) is 1.07. The Labute approximate surface area is 109 Å². The molecule has 1 unspecified atom stereocenters. The van der Waals surface area contributed by atoms with E-state index in [1.54, 1.807) is 0 Å². The van der Waals surface area contributed by atoms with Crippen LogP contribution >= 0.6 is 0 Å². The van der Waals surface area contributed by atoms with E-state index in [0.717, 1.165) is 11.1 Å². The number of benzene rings is 1. The molecule has 0 saturated heterocycles. The van der Waals surface area contributed by atoms with Crippen LogP contribution in [-0.4, -0.2) is 26.8 Å². The SMILES string of the molecule is Cc1cc2nc3c(nc2cc1C)C(=O)NC(C)(O)N3. The maximum Gasteiger partial charge on any atom is 0.277 e. The normalized spacial score (nSPS) is 21.8. The zero-order valence-electron chi connectivity index (χ0n) is 10.9. The summed E-state index contributed by atoms with van der Waals surface area (Å²) in [6.07, 6.45) is 0. The maximum absolute atomic E-state index is 11.9. The molecule has 1 aromatic carbocycles. The van der Waals surface area contributed by atoms with Crippen molar-refractivity contribution < 1.29 is 9.90 Å². The van der Waals surface area contributed by atoms with Gasteiger partial charge in [0.15, 0.2) is 11.5 Å². The molecule has 19 heavy (non-hydrogen) atoms. The summed E-state index contributed by atoms with van der Waals surface area (Å²) in [5.41, 5.74) is 3.76. The summed E-state index contributed by atoms with van der Waals surface area (Å²) < 4.78 is 0. The fourth-order valence-electron chi connectivity index (χ4n) is 2.10. The molecule has 0 radical (unpaired) electrons. The summed E-state index contributed by atoms with van der Waals surface area (Å²) in [6.45, 7) is 5.42. The highest BCUT2D eigenvalue weighted by atomic mass is 16.3. The third kappa shape index (κ3) is 1.90. The van der Waals surface area contributed by atoms with Gasteiger partial charge in [0.25, 0.3) is 5.91 Å². The number of carbonyl (C=O) groups is 1. The first-order chi connectivity index (χ1) is 8.85. The highest BCUT2D eigenvalue weighted by molar-refractivity contribution is 6.01. The van der Waals surface area contributed by atoms with Crippen LogP contribution in [0, 0.1) is 13.8 Å². The predicted molar refractivity (Wildman–Crippen MR) is 70.7 cm³/mol. The van der Waals surface area contributed by atoms with E-state index in [1.165, 1.54) is 6.92 Å². The van der Waals surface area contributed by atoms with Crippen molar-refractivity contribution in [3.8, 4) is 0 Å². The van der Waals surface area contributed by atoms with Gasteiger partial charge in [-0.3, -0.25) is 4.79 Å². The first-order valence-electron chi connectivity index (χ1n) is 5.98. The lowest BCUT2D eigenvalue weighted by Gasteiger charge is -2.31. The van der Waals surface area contributed by atoms with E-state index in [4.69, 9.17) is 0 Å². The number of nitrogens with one attached hydrogen (secondary N) is 2. The highest BCUT2D eigenvalue weighted by Crippen LogP contribution is 2.24. The summed E-state index contributed by atoms with van der Waals surface area (Å²) in [5.74, 6) is -1.65. The topological polar surface area (TPSA) is 87.1 Å². The number of aryl methyl sites for hydroxylation is 2. The van der Waals surface area contributed by atoms with E-state index in [2.05, 4.69) is 20.6 Å². The quantitative estimate of drug-likeness (QED) is 0.658. The van der Waals surface area contributed by atoms with Crippen LogP contribution in [0.3, 0.4) is 0 Å². The molecule has 1 atom stereocenters. The summed E-state index contributed by atoms with van der Waals surface area (Å²) in [5, 5.41) is 15.0. The first-order valence-corrected chi connectivity index (χ1v) is 5.98. The van der Waals surface area contributed by atoms with E-state index in [1.807, 2.05) is 26.0 Å². The van der Waals surface area contributed by atoms with Gasteiger partial charge in [-0.15, -0.1) is 0 Å². The number of nitrogens with zero attached hydrogens (tertiary/aromatic N) is 2. The lowest BCUT2D eigenvalue weighted by atomic mass is 10.1. The van der Waals surface area contributed by atoms with Gasteiger partial charge in [0.1, 0.15) is 0 Å². The Morgan fingerprint density at radius 1 is 1.11 bits per heavy atom. The second-order valence-electron chi connectivity index (χ2n) is 5.00. The van der Waals surface area contributed by atoms with Crippen LogP contribution in [0.2, 0.25) is 0 Å². The van der Waals surface area contributed by atoms with E-state index in [9.17, 15) is 9.90 Å². The first kappa shape index (κ1) is 11.9. The molecule has 2 heterocycles. The van der Waals surface area contributed by atoms with Crippen LogP contribution in [0.5, 0.6) is 0 Å². The Balaban J connectivity index is 2.26. The zero-order valence-corrected chi connectivity index (χ0v) is 10.9. The minimum Gasteiger partial charge on any atom is -0.354 e. The Kier molecular flexibility index (Phi) is 2.27. The molecule has 98 valence electrons. The largest absolute Gasteiger partial charge is 0.354 e. The van der Waals surface area contributed by atoms with E-state index in [0.29, 0.717) is 16.9 Å². The second kappa shape index (κ2) is 3.64. The van der Waals surface area contributed by atoms with Crippen molar-refractivity contribution in [3.05, 3.63) is 29.0 Å². The van der Waals surface area contributed by atoms with Crippen molar-refractivity contribution in [2.75, 3.05) is 5.32 Å². The molecule has 6 heteroatoms. The molecule has 0 fully saturated rings. The fraction of sp³-hybridized carbons (Fsp3) is 0.308. The Morgan fingerprint density at radius 3 is 2.32 bits per heavy atom. The molecule has 1 aromatic heterocycles. The van der Waals surface area contributed by atoms with Crippen LogP contribution in [-0.2, 0) is 0 Å². The van der Waals surface area contributed by atoms with Crippen LogP contribution in [0.1, 0.15) is 28.5 Å². The minimum absolute atomic E-state index is 0.197. The summed E-state index contributed by atoms with van der Waals surface area (Å²) >= 11 is 0. The van der Waals surface area contributed by atoms with Crippen molar-refractivity contribution in [1.29, 1.82) is 0 Å². The number of carbonyl (C=O) groups excluding carboxylic acids is 1. The molecule has 0 bridgehead atoms. The van der Waals surface area contributed by atoms with Crippen LogP contribution in [0.15, 0.2) is 12.1 Å². The smallest absolute Gasteiger partial charge is 0.277 e. The number of aliphatic hydroxyl groups is 1. The Bertz CT molecular complexity index is 709. The molecule has 0 spiro atoms. The Hall–Kier alpha value is -2.21. The molecule has 6 nitrogen and oxygen atoms in total. The highest BCUT2D eigenvalue weighted by Gasteiger charge is 2.33. The number of hydrogen-bond donors (Lipinski definition) is 3. The maximum atomic E-state index is 11.9. The van der Waals surface area contributed by atoms with Crippen LogP contribution in [0.25, 0.3) is 11.0 Å². The van der Waals surface area contributed by atoms with Crippen molar-refractivity contribution in [3.63, 3.8) is 0 Å². The van der Waals surface area contributed by atoms with Crippen molar-refractivity contribution >= 4 is 22.8 Å². The van der Waals surface area contributed by atoms with Gasteiger partial charge >= 0.3 is 0 Å². The van der Waals surface area contributed by atoms with Gasteiger partial charge in [-0.25, -0.2) is 9.97 Å². The number of amides is 1. The standard InChI is InChI=1S/C13H14N4O2/c1-6-4-8-9(5-7(6)2)15-11-10(14-8)12(18)17-13(3,19)16-11/h4-5,19H,1-3H3,(H,15,16)(H,17,18). The van der Waals surface area contributed by atoms with Crippen molar-refractivity contribution in [2.24, 2.45) is 0 Å². The number of hydrogen-bond acceptors (Lipinski definition) is 5. The monoisotopic (exact) mass is 258 g/mol.